The SMILES string of the molecule is C=C/C=C1\C(=C/C)c2ccccc2C1(C(=C)C)C(=C)C=C. The molecule has 0 heteroatoms. The van der Waals surface area contributed by atoms with Gasteiger partial charge in [0.15, 0.2) is 0 Å². The minimum absolute atomic E-state index is 0.408. The lowest BCUT2D eigenvalue weighted by Gasteiger charge is -2.34. The summed E-state index contributed by atoms with van der Waals surface area (Å²) in [4.78, 5) is 0. The van der Waals surface area contributed by atoms with Crippen LogP contribution in [0, 0.1) is 0 Å². The molecule has 0 N–H and O–H groups in total. The zero-order valence-electron chi connectivity index (χ0n) is 12.9. The Morgan fingerprint density at radius 2 is 1.81 bits per heavy atom. The molecule has 1 atom stereocenters. The van der Waals surface area contributed by atoms with Crippen LogP contribution in [-0.2, 0) is 5.41 Å². The third-order valence-corrected chi connectivity index (χ3v) is 4.26. The molecule has 0 aliphatic heterocycles. The average Bonchev–Trinajstić information content (AvgIpc) is 2.77. The van der Waals surface area contributed by atoms with Gasteiger partial charge in [0.25, 0.3) is 0 Å². The summed E-state index contributed by atoms with van der Waals surface area (Å²) in [5, 5.41) is 0. The summed E-state index contributed by atoms with van der Waals surface area (Å²) in [5.41, 5.74) is 6.45. The monoisotopic (exact) mass is 274 g/mol. The quantitative estimate of drug-likeness (QED) is 0.483. The van der Waals surface area contributed by atoms with Crippen molar-refractivity contribution in [3.05, 3.63) is 103 Å². The van der Waals surface area contributed by atoms with Gasteiger partial charge in [-0.2, -0.15) is 0 Å². The molecular weight excluding hydrogens is 252 g/mol. The molecule has 1 aromatic rings. The number of fused-ring (bicyclic) bond motifs is 1. The highest BCUT2D eigenvalue weighted by atomic mass is 14.5. The van der Waals surface area contributed by atoms with Crippen molar-refractivity contribution in [2.75, 3.05) is 0 Å². The Bertz CT molecular complexity index is 695. The maximum Gasteiger partial charge on any atom is 0.0662 e. The summed E-state index contributed by atoms with van der Waals surface area (Å²) >= 11 is 0. The Kier molecular flexibility index (Phi) is 3.99. The molecule has 1 aromatic carbocycles. The second kappa shape index (κ2) is 5.57. The normalized spacial score (nSPS) is 23.9. The molecule has 21 heavy (non-hydrogen) atoms. The van der Waals surface area contributed by atoms with Gasteiger partial charge in [-0.1, -0.05) is 80.5 Å². The Labute approximate surface area is 128 Å². The van der Waals surface area contributed by atoms with E-state index >= 15 is 0 Å². The first-order valence-electron chi connectivity index (χ1n) is 7.13. The number of allylic oxidation sites excluding steroid dienone is 8. The van der Waals surface area contributed by atoms with Gasteiger partial charge in [-0.3, -0.25) is 0 Å². The fourth-order valence-electron chi connectivity index (χ4n) is 3.41. The molecule has 0 amide bonds. The molecular formula is C21H22. The summed E-state index contributed by atoms with van der Waals surface area (Å²) < 4.78 is 0. The molecule has 0 radical (unpaired) electrons. The summed E-state index contributed by atoms with van der Waals surface area (Å²) in [5.74, 6) is 0. The summed E-state index contributed by atoms with van der Waals surface area (Å²) in [6, 6.07) is 8.45. The summed E-state index contributed by atoms with van der Waals surface area (Å²) in [6.07, 6.45) is 7.88. The molecule has 0 saturated heterocycles. The highest BCUT2D eigenvalue weighted by Crippen LogP contribution is 2.56. The van der Waals surface area contributed by atoms with E-state index in [-0.39, 0.29) is 0 Å². The van der Waals surface area contributed by atoms with Gasteiger partial charge in [0, 0.05) is 0 Å². The number of hydrogen-bond acceptors (Lipinski definition) is 0. The van der Waals surface area contributed by atoms with Gasteiger partial charge in [0.1, 0.15) is 0 Å². The van der Waals surface area contributed by atoms with Crippen LogP contribution in [0.5, 0.6) is 0 Å². The van der Waals surface area contributed by atoms with E-state index in [9.17, 15) is 0 Å². The van der Waals surface area contributed by atoms with Crippen LogP contribution in [0.2, 0.25) is 0 Å². The van der Waals surface area contributed by atoms with Crippen molar-refractivity contribution in [1.82, 2.24) is 0 Å². The highest BCUT2D eigenvalue weighted by Gasteiger charge is 2.46. The van der Waals surface area contributed by atoms with Crippen LogP contribution in [-0.4, -0.2) is 0 Å². The number of hydrogen-bond donors (Lipinski definition) is 0. The van der Waals surface area contributed by atoms with E-state index < -0.39 is 5.41 Å². The fourth-order valence-corrected chi connectivity index (χ4v) is 3.41. The Morgan fingerprint density at radius 1 is 1.14 bits per heavy atom. The Balaban J connectivity index is 2.98. The van der Waals surface area contributed by atoms with Gasteiger partial charge in [0.2, 0.25) is 0 Å². The topological polar surface area (TPSA) is 0 Å². The Hall–Kier alpha value is -2.34. The van der Waals surface area contributed by atoms with Gasteiger partial charge >= 0.3 is 0 Å². The molecule has 1 unspecified atom stereocenters. The van der Waals surface area contributed by atoms with Crippen LogP contribution in [0.15, 0.2) is 91.6 Å². The maximum absolute atomic E-state index is 4.27. The molecule has 106 valence electrons. The third kappa shape index (κ3) is 1.91. The first kappa shape index (κ1) is 15.1. The first-order chi connectivity index (χ1) is 10.0. The molecule has 0 fully saturated rings. The van der Waals surface area contributed by atoms with E-state index in [4.69, 9.17) is 0 Å². The van der Waals surface area contributed by atoms with Gasteiger partial charge in [-0.25, -0.2) is 0 Å². The van der Waals surface area contributed by atoms with Gasteiger partial charge in [0.05, 0.1) is 5.41 Å². The van der Waals surface area contributed by atoms with Crippen molar-refractivity contribution in [2.24, 2.45) is 0 Å². The lowest BCUT2D eigenvalue weighted by Crippen LogP contribution is -2.28. The predicted molar refractivity (Wildman–Crippen MR) is 94.2 cm³/mol. The van der Waals surface area contributed by atoms with Crippen molar-refractivity contribution < 1.29 is 0 Å². The van der Waals surface area contributed by atoms with Crippen molar-refractivity contribution >= 4 is 5.57 Å². The third-order valence-electron chi connectivity index (χ3n) is 4.26. The highest BCUT2D eigenvalue weighted by molar-refractivity contribution is 5.94. The van der Waals surface area contributed by atoms with Crippen molar-refractivity contribution in [3.63, 3.8) is 0 Å². The van der Waals surface area contributed by atoms with E-state index in [1.165, 1.54) is 22.3 Å². The predicted octanol–water partition coefficient (Wildman–Crippen LogP) is 5.77. The molecule has 0 aromatic heterocycles. The fraction of sp³-hybridized carbons (Fsp3) is 0.143. The van der Waals surface area contributed by atoms with Crippen LogP contribution >= 0.6 is 0 Å². The molecule has 0 spiro atoms. The number of benzene rings is 1. The lowest BCUT2D eigenvalue weighted by atomic mass is 9.68. The van der Waals surface area contributed by atoms with Gasteiger partial charge in [-0.05, 0) is 41.7 Å². The molecule has 1 aliphatic carbocycles. The van der Waals surface area contributed by atoms with Crippen molar-refractivity contribution in [1.29, 1.82) is 0 Å². The molecule has 0 saturated carbocycles. The smallest absolute Gasteiger partial charge is 0.0662 e. The summed E-state index contributed by atoms with van der Waals surface area (Å²) in [7, 11) is 0. The molecule has 2 rings (SSSR count). The van der Waals surface area contributed by atoms with Gasteiger partial charge in [-0.15, -0.1) is 0 Å². The standard InChI is InChI=1S/C21H22/c1-7-12-19-17(9-3)18-13-10-11-14-20(18)21(19,15(4)5)16(6)8-2/h7-14H,1-2,4,6H2,3,5H3/b17-9-,19-12+. The van der Waals surface area contributed by atoms with Crippen LogP contribution in [0.1, 0.15) is 25.0 Å². The van der Waals surface area contributed by atoms with Crippen LogP contribution in [0.3, 0.4) is 0 Å². The van der Waals surface area contributed by atoms with E-state index in [0.717, 1.165) is 11.1 Å². The van der Waals surface area contributed by atoms with Crippen LogP contribution in [0.4, 0.5) is 0 Å². The molecule has 0 bridgehead atoms. The molecule has 0 heterocycles. The second-order valence-electron chi connectivity index (χ2n) is 5.32. The van der Waals surface area contributed by atoms with Crippen molar-refractivity contribution in [2.45, 2.75) is 19.3 Å². The van der Waals surface area contributed by atoms with Gasteiger partial charge < -0.3 is 0 Å². The average molecular weight is 274 g/mol. The van der Waals surface area contributed by atoms with E-state index in [0.29, 0.717) is 0 Å². The minimum atomic E-state index is -0.408. The van der Waals surface area contributed by atoms with Crippen LogP contribution < -0.4 is 0 Å². The lowest BCUT2D eigenvalue weighted by molar-refractivity contribution is 0.753. The molecule has 1 aliphatic rings. The van der Waals surface area contributed by atoms with Crippen LogP contribution in [0.25, 0.3) is 5.57 Å². The number of rotatable bonds is 4. The zero-order valence-corrected chi connectivity index (χ0v) is 12.9. The minimum Gasteiger partial charge on any atom is -0.0991 e. The van der Waals surface area contributed by atoms with E-state index in [1.807, 2.05) is 12.2 Å². The second-order valence-corrected chi connectivity index (χ2v) is 5.32. The summed E-state index contributed by atoms with van der Waals surface area (Å²) in [6.45, 7) is 20.5. The van der Waals surface area contributed by atoms with Crippen molar-refractivity contribution in [3.8, 4) is 0 Å². The maximum atomic E-state index is 4.27. The first-order valence-corrected chi connectivity index (χ1v) is 7.13. The Morgan fingerprint density at radius 3 is 2.33 bits per heavy atom. The molecule has 0 nitrogen and oxygen atoms in total. The van der Waals surface area contributed by atoms with E-state index in [2.05, 4.69) is 76.6 Å². The van der Waals surface area contributed by atoms with E-state index in [1.54, 1.807) is 0 Å². The zero-order chi connectivity index (χ0) is 15.6. The largest absolute Gasteiger partial charge is 0.0991 e.